The molecule has 3 rings (SSSR count). The number of nitrogens with zero attached hydrogens (tertiary/aromatic N) is 1. The fourth-order valence-electron chi connectivity index (χ4n) is 4.20. The van der Waals surface area contributed by atoms with Crippen LogP contribution in [0.2, 0.25) is 0 Å². The largest absolute Gasteiger partial charge is 0.493 e. The van der Waals surface area contributed by atoms with E-state index in [0.717, 1.165) is 11.1 Å². The number of ether oxygens (including phenoxy) is 2. The van der Waals surface area contributed by atoms with Crippen molar-refractivity contribution in [3.63, 3.8) is 0 Å². The van der Waals surface area contributed by atoms with Crippen LogP contribution in [0.1, 0.15) is 41.3 Å². The molecule has 1 saturated heterocycles. The lowest BCUT2D eigenvalue weighted by atomic mass is 10.0. The summed E-state index contributed by atoms with van der Waals surface area (Å²) in [6.07, 6.45) is 1.56. The second-order valence-corrected chi connectivity index (χ2v) is 8.55. The monoisotopic (exact) mass is 467 g/mol. The number of carbonyl (C=O) groups excluding carboxylic acids is 3. The van der Waals surface area contributed by atoms with Crippen molar-refractivity contribution >= 4 is 17.7 Å². The van der Waals surface area contributed by atoms with Crippen molar-refractivity contribution in [1.82, 2.24) is 15.5 Å². The Bertz CT molecular complexity index is 1010. The van der Waals surface area contributed by atoms with Crippen LogP contribution in [0.4, 0.5) is 0 Å². The number of aryl methyl sites for hydroxylation is 1. The van der Waals surface area contributed by atoms with Gasteiger partial charge in [-0.05, 0) is 38.0 Å². The number of amides is 3. The molecule has 1 atom stereocenters. The maximum absolute atomic E-state index is 13.1. The molecule has 1 fully saturated rings. The fraction of sp³-hybridized carbons (Fsp3) is 0.423. The highest BCUT2D eigenvalue weighted by Gasteiger charge is 2.28. The number of hydrogen-bond donors (Lipinski definition) is 2. The van der Waals surface area contributed by atoms with Crippen LogP contribution in [-0.2, 0) is 16.0 Å². The lowest BCUT2D eigenvalue weighted by Crippen LogP contribution is -2.53. The van der Waals surface area contributed by atoms with Crippen molar-refractivity contribution < 1.29 is 23.9 Å². The molecule has 0 spiro atoms. The Morgan fingerprint density at radius 3 is 2.29 bits per heavy atom. The van der Waals surface area contributed by atoms with Gasteiger partial charge >= 0.3 is 0 Å². The number of benzene rings is 2. The van der Waals surface area contributed by atoms with Gasteiger partial charge in [-0.1, -0.05) is 29.8 Å². The topological polar surface area (TPSA) is 97.0 Å². The number of para-hydroxylation sites is 1. The molecule has 3 amide bonds. The summed E-state index contributed by atoms with van der Waals surface area (Å²) >= 11 is 0. The maximum Gasteiger partial charge on any atom is 0.253 e. The van der Waals surface area contributed by atoms with Crippen molar-refractivity contribution in [1.29, 1.82) is 0 Å². The van der Waals surface area contributed by atoms with E-state index in [0.29, 0.717) is 43.0 Å². The second kappa shape index (κ2) is 11.5. The predicted octanol–water partition coefficient (Wildman–Crippen LogP) is 2.48. The van der Waals surface area contributed by atoms with Crippen LogP contribution >= 0.6 is 0 Å². The van der Waals surface area contributed by atoms with E-state index >= 15 is 0 Å². The van der Waals surface area contributed by atoms with Crippen LogP contribution in [-0.4, -0.2) is 62.0 Å². The zero-order valence-corrected chi connectivity index (χ0v) is 20.2. The molecule has 0 radical (unpaired) electrons. The summed E-state index contributed by atoms with van der Waals surface area (Å²) in [6.45, 7) is 4.50. The number of piperidine rings is 1. The molecule has 2 N–H and O–H groups in total. The minimum atomic E-state index is -0.759. The summed E-state index contributed by atoms with van der Waals surface area (Å²) in [7, 11) is 3.09. The highest BCUT2D eigenvalue weighted by atomic mass is 16.5. The van der Waals surface area contributed by atoms with Gasteiger partial charge in [0.1, 0.15) is 6.04 Å². The Labute approximate surface area is 200 Å². The van der Waals surface area contributed by atoms with E-state index in [1.54, 1.807) is 20.3 Å². The van der Waals surface area contributed by atoms with Crippen LogP contribution in [0.25, 0.3) is 0 Å². The van der Waals surface area contributed by atoms with Crippen molar-refractivity contribution in [2.75, 3.05) is 27.3 Å². The van der Waals surface area contributed by atoms with Gasteiger partial charge < -0.3 is 25.0 Å². The molecule has 0 saturated carbocycles. The third-order valence-corrected chi connectivity index (χ3v) is 6.03. The first kappa shape index (κ1) is 25.1. The third kappa shape index (κ3) is 6.27. The molecule has 182 valence electrons. The lowest BCUT2D eigenvalue weighted by Gasteiger charge is -2.33. The molecule has 8 heteroatoms. The highest BCUT2D eigenvalue weighted by molar-refractivity contribution is 5.94. The Morgan fingerprint density at radius 1 is 1.03 bits per heavy atom. The van der Waals surface area contributed by atoms with Crippen LogP contribution in [0.5, 0.6) is 11.5 Å². The lowest BCUT2D eigenvalue weighted by molar-refractivity contribution is -0.128. The van der Waals surface area contributed by atoms with Crippen LogP contribution in [0.3, 0.4) is 0 Å². The van der Waals surface area contributed by atoms with Crippen LogP contribution < -0.4 is 20.1 Å². The average Bonchev–Trinajstić information content (AvgIpc) is 2.83. The smallest absolute Gasteiger partial charge is 0.253 e. The number of rotatable bonds is 8. The molecule has 0 aliphatic carbocycles. The molecule has 0 unspecified atom stereocenters. The molecule has 2 aromatic carbocycles. The Kier molecular flexibility index (Phi) is 8.51. The Balaban J connectivity index is 1.62. The normalized spacial score (nSPS) is 14.8. The quantitative estimate of drug-likeness (QED) is 0.622. The van der Waals surface area contributed by atoms with E-state index < -0.39 is 6.04 Å². The van der Waals surface area contributed by atoms with Gasteiger partial charge in [0.05, 0.1) is 14.2 Å². The van der Waals surface area contributed by atoms with E-state index in [-0.39, 0.29) is 30.2 Å². The van der Waals surface area contributed by atoms with E-state index in [9.17, 15) is 14.4 Å². The molecular formula is C26H33N3O5. The van der Waals surface area contributed by atoms with Gasteiger partial charge in [-0.3, -0.25) is 14.4 Å². The van der Waals surface area contributed by atoms with Gasteiger partial charge in [0.15, 0.2) is 11.5 Å². The molecule has 1 aliphatic heterocycles. The highest BCUT2D eigenvalue weighted by Crippen LogP contribution is 2.31. The molecule has 0 aromatic heterocycles. The molecular weight excluding hydrogens is 434 g/mol. The molecule has 0 bridgehead atoms. The first-order valence-corrected chi connectivity index (χ1v) is 11.5. The standard InChI is InChI=1S/C26H33N3O5/c1-17-8-10-19(11-9-17)26(32)29-14-12-21(13-15-29)28-25(31)22(27-18(2)30)16-20-6-5-7-23(33-3)24(20)34-4/h5-11,21-22H,12-16H2,1-4H3,(H,27,30)(H,28,31)/t22-/m1/s1. The summed E-state index contributed by atoms with van der Waals surface area (Å²) < 4.78 is 10.8. The summed E-state index contributed by atoms with van der Waals surface area (Å²) in [5, 5.41) is 5.80. The molecule has 1 aliphatic rings. The minimum Gasteiger partial charge on any atom is -0.493 e. The maximum atomic E-state index is 13.1. The van der Waals surface area contributed by atoms with E-state index in [4.69, 9.17) is 9.47 Å². The van der Waals surface area contributed by atoms with Crippen LogP contribution in [0.15, 0.2) is 42.5 Å². The number of nitrogens with one attached hydrogen (secondary N) is 2. The summed E-state index contributed by atoms with van der Waals surface area (Å²) in [4.78, 5) is 39.5. The second-order valence-electron chi connectivity index (χ2n) is 8.55. The van der Waals surface area contributed by atoms with Crippen molar-refractivity contribution in [2.24, 2.45) is 0 Å². The van der Waals surface area contributed by atoms with Gasteiger partial charge in [-0.25, -0.2) is 0 Å². The summed E-state index contributed by atoms with van der Waals surface area (Å²) in [5.74, 6) is 0.554. The van der Waals surface area contributed by atoms with E-state index in [1.807, 2.05) is 48.2 Å². The number of methoxy groups -OCH3 is 2. The molecule has 2 aromatic rings. The van der Waals surface area contributed by atoms with E-state index in [2.05, 4.69) is 10.6 Å². The first-order chi connectivity index (χ1) is 16.3. The molecule has 34 heavy (non-hydrogen) atoms. The minimum absolute atomic E-state index is 0.00557. The zero-order valence-electron chi connectivity index (χ0n) is 20.2. The van der Waals surface area contributed by atoms with E-state index in [1.165, 1.54) is 6.92 Å². The molecule has 1 heterocycles. The van der Waals surface area contributed by atoms with Crippen molar-refractivity contribution in [3.05, 3.63) is 59.2 Å². The SMILES string of the molecule is COc1cccc(C[C@@H](NC(C)=O)C(=O)NC2CCN(C(=O)c3ccc(C)cc3)CC2)c1OC. The van der Waals surface area contributed by atoms with Gasteiger partial charge in [0.25, 0.3) is 5.91 Å². The average molecular weight is 468 g/mol. The molecule has 8 nitrogen and oxygen atoms in total. The van der Waals surface area contributed by atoms with Gasteiger partial charge in [0.2, 0.25) is 11.8 Å². The Morgan fingerprint density at radius 2 is 1.71 bits per heavy atom. The van der Waals surface area contributed by atoms with Gasteiger partial charge in [-0.15, -0.1) is 0 Å². The zero-order chi connectivity index (χ0) is 24.7. The predicted molar refractivity (Wildman–Crippen MR) is 129 cm³/mol. The van der Waals surface area contributed by atoms with Crippen LogP contribution in [0, 0.1) is 6.92 Å². The fourth-order valence-corrected chi connectivity index (χ4v) is 4.20. The number of carbonyl (C=O) groups is 3. The van der Waals surface area contributed by atoms with Gasteiger partial charge in [0, 0.05) is 43.6 Å². The number of hydrogen-bond acceptors (Lipinski definition) is 5. The summed E-state index contributed by atoms with van der Waals surface area (Å²) in [5.41, 5.74) is 2.54. The summed E-state index contributed by atoms with van der Waals surface area (Å²) in [6, 6.07) is 12.2. The van der Waals surface area contributed by atoms with Crippen molar-refractivity contribution in [3.8, 4) is 11.5 Å². The van der Waals surface area contributed by atoms with Crippen molar-refractivity contribution in [2.45, 2.75) is 45.2 Å². The van der Waals surface area contributed by atoms with Gasteiger partial charge in [-0.2, -0.15) is 0 Å². The third-order valence-electron chi connectivity index (χ3n) is 6.03. The number of likely N-dealkylation sites (tertiary alicyclic amines) is 1. The first-order valence-electron chi connectivity index (χ1n) is 11.5. The Hall–Kier alpha value is -3.55.